The van der Waals surface area contributed by atoms with Crippen LogP contribution in [-0.2, 0) is 6.42 Å². The maximum Gasteiger partial charge on any atom is 0.134 e. The van der Waals surface area contributed by atoms with Crippen molar-refractivity contribution >= 4 is 11.6 Å². The first-order chi connectivity index (χ1) is 9.76. The van der Waals surface area contributed by atoms with Crippen LogP contribution < -0.4 is 10.6 Å². The molecule has 5 nitrogen and oxygen atoms in total. The van der Waals surface area contributed by atoms with Crippen LogP contribution >= 0.6 is 0 Å². The van der Waals surface area contributed by atoms with Crippen LogP contribution in [0.25, 0.3) is 0 Å². The normalized spacial score (nSPS) is 14.6. The summed E-state index contributed by atoms with van der Waals surface area (Å²) in [6, 6.07) is 0.814. The lowest BCUT2D eigenvalue weighted by Gasteiger charge is -2.18. The summed E-state index contributed by atoms with van der Waals surface area (Å²) in [4.78, 5) is 11.2. The van der Waals surface area contributed by atoms with Gasteiger partial charge in [-0.05, 0) is 32.7 Å². The van der Waals surface area contributed by atoms with Crippen LogP contribution in [0.2, 0.25) is 0 Å². The minimum Gasteiger partial charge on any atom is -0.370 e. The van der Waals surface area contributed by atoms with E-state index in [0.717, 1.165) is 50.2 Å². The molecule has 1 aliphatic carbocycles. The number of hydrogen-bond donors (Lipinski definition) is 2. The summed E-state index contributed by atoms with van der Waals surface area (Å²) < 4.78 is 0. The number of nitrogens with one attached hydrogen (secondary N) is 2. The standard InChI is InChI=1S/C15H27N5/c1-4-8-16-14-13(5-2)15(19-11-18-14)17-9-10-20(3)12-6-7-12/h11-12H,4-10H2,1-3H3,(H2,16,17,18,19). The molecule has 0 bridgehead atoms. The van der Waals surface area contributed by atoms with Crippen LogP contribution in [0.3, 0.4) is 0 Å². The van der Waals surface area contributed by atoms with Gasteiger partial charge in [0.05, 0.1) is 0 Å². The van der Waals surface area contributed by atoms with Gasteiger partial charge in [0.2, 0.25) is 0 Å². The van der Waals surface area contributed by atoms with Crippen molar-refractivity contribution in [2.75, 3.05) is 37.3 Å². The molecular weight excluding hydrogens is 250 g/mol. The molecule has 1 aromatic heterocycles. The molecule has 1 heterocycles. The van der Waals surface area contributed by atoms with Gasteiger partial charge in [-0.25, -0.2) is 9.97 Å². The highest BCUT2D eigenvalue weighted by molar-refractivity contribution is 5.57. The zero-order valence-corrected chi connectivity index (χ0v) is 12.9. The Morgan fingerprint density at radius 3 is 2.35 bits per heavy atom. The summed E-state index contributed by atoms with van der Waals surface area (Å²) >= 11 is 0. The molecule has 0 atom stereocenters. The number of nitrogens with zero attached hydrogens (tertiary/aromatic N) is 3. The van der Waals surface area contributed by atoms with Gasteiger partial charge in [0.15, 0.2) is 0 Å². The van der Waals surface area contributed by atoms with Crippen LogP contribution in [0.1, 0.15) is 38.7 Å². The fourth-order valence-corrected chi connectivity index (χ4v) is 2.34. The van der Waals surface area contributed by atoms with E-state index in [0.29, 0.717) is 0 Å². The fourth-order valence-electron chi connectivity index (χ4n) is 2.34. The highest BCUT2D eigenvalue weighted by Crippen LogP contribution is 2.25. The maximum atomic E-state index is 4.39. The lowest BCUT2D eigenvalue weighted by molar-refractivity contribution is 0.337. The minimum absolute atomic E-state index is 0.814. The molecular formula is C15H27N5. The van der Waals surface area contributed by atoms with Gasteiger partial charge >= 0.3 is 0 Å². The Kier molecular flexibility index (Phi) is 5.59. The molecule has 0 aliphatic heterocycles. The van der Waals surface area contributed by atoms with Crippen molar-refractivity contribution in [2.24, 2.45) is 0 Å². The van der Waals surface area contributed by atoms with E-state index in [1.54, 1.807) is 6.33 Å². The summed E-state index contributed by atoms with van der Waals surface area (Å²) in [5.41, 5.74) is 1.19. The number of aromatic nitrogens is 2. The van der Waals surface area contributed by atoms with E-state index in [1.807, 2.05) is 0 Å². The van der Waals surface area contributed by atoms with E-state index in [2.05, 4.69) is 46.4 Å². The number of likely N-dealkylation sites (N-methyl/N-ethyl adjacent to an activating group) is 1. The average Bonchev–Trinajstić information content (AvgIpc) is 3.29. The van der Waals surface area contributed by atoms with Gasteiger partial charge in [0, 0.05) is 31.2 Å². The summed E-state index contributed by atoms with van der Waals surface area (Å²) in [6.07, 6.45) is 6.39. The number of rotatable bonds is 9. The van der Waals surface area contributed by atoms with Crippen molar-refractivity contribution < 1.29 is 0 Å². The molecule has 0 radical (unpaired) electrons. The largest absolute Gasteiger partial charge is 0.370 e. The van der Waals surface area contributed by atoms with Gasteiger partial charge in [0.1, 0.15) is 18.0 Å². The molecule has 0 saturated heterocycles. The first kappa shape index (κ1) is 15.0. The highest BCUT2D eigenvalue weighted by atomic mass is 15.2. The van der Waals surface area contributed by atoms with Gasteiger partial charge in [-0.2, -0.15) is 0 Å². The van der Waals surface area contributed by atoms with E-state index in [1.165, 1.54) is 18.4 Å². The molecule has 0 spiro atoms. The van der Waals surface area contributed by atoms with Crippen LogP contribution in [0.5, 0.6) is 0 Å². The quantitative estimate of drug-likeness (QED) is 0.726. The van der Waals surface area contributed by atoms with Crippen molar-refractivity contribution in [2.45, 2.75) is 45.6 Å². The molecule has 20 heavy (non-hydrogen) atoms. The van der Waals surface area contributed by atoms with Crippen molar-refractivity contribution in [3.05, 3.63) is 11.9 Å². The molecule has 1 aliphatic rings. The molecule has 5 heteroatoms. The first-order valence-electron chi connectivity index (χ1n) is 7.78. The van der Waals surface area contributed by atoms with E-state index in [-0.39, 0.29) is 0 Å². The van der Waals surface area contributed by atoms with E-state index in [4.69, 9.17) is 0 Å². The Morgan fingerprint density at radius 2 is 1.80 bits per heavy atom. The number of hydrogen-bond acceptors (Lipinski definition) is 5. The molecule has 0 amide bonds. The fraction of sp³-hybridized carbons (Fsp3) is 0.733. The van der Waals surface area contributed by atoms with E-state index in [9.17, 15) is 0 Å². The van der Waals surface area contributed by atoms with E-state index < -0.39 is 0 Å². The second kappa shape index (κ2) is 7.43. The van der Waals surface area contributed by atoms with Gasteiger partial charge in [-0.1, -0.05) is 13.8 Å². The molecule has 1 fully saturated rings. The van der Waals surface area contributed by atoms with Crippen molar-refractivity contribution in [3.63, 3.8) is 0 Å². The second-order valence-corrected chi connectivity index (χ2v) is 5.47. The molecule has 0 unspecified atom stereocenters. The topological polar surface area (TPSA) is 53.1 Å². The predicted molar refractivity (Wildman–Crippen MR) is 84.3 cm³/mol. The summed E-state index contributed by atoms with van der Waals surface area (Å²) in [6.45, 7) is 7.26. The third kappa shape index (κ3) is 4.07. The summed E-state index contributed by atoms with van der Waals surface area (Å²) in [7, 11) is 2.20. The monoisotopic (exact) mass is 277 g/mol. The second-order valence-electron chi connectivity index (χ2n) is 5.47. The van der Waals surface area contributed by atoms with Gasteiger partial charge in [-0.3, -0.25) is 0 Å². The Bertz CT molecular complexity index is 417. The van der Waals surface area contributed by atoms with E-state index >= 15 is 0 Å². The molecule has 2 rings (SSSR count). The Balaban J connectivity index is 1.91. The Labute approximate surface area is 122 Å². The SMILES string of the molecule is CCCNc1ncnc(NCCN(C)C2CC2)c1CC. The molecule has 0 aromatic carbocycles. The van der Waals surface area contributed by atoms with Gasteiger partial charge in [-0.15, -0.1) is 0 Å². The molecule has 2 N–H and O–H groups in total. The average molecular weight is 277 g/mol. The molecule has 112 valence electrons. The smallest absolute Gasteiger partial charge is 0.134 e. The van der Waals surface area contributed by atoms with Crippen LogP contribution in [0.4, 0.5) is 11.6 Å². The third-order valence-corrected chi connectivity index (χ3v) is 3.77. The summed E-state index contributed by atoms with van der Waals surface area (Å²) in [5.74, 6) is 1.95. The minimum atomic E-state index is 0.814. The molecule has 1 aromatic rings. The van der Waals surface area contributed by atoms with Crippen LogP contribution in [0.15, 0.2) is 6.33 Å². The van der Waals surface area contributed by atoms with Crippen molar-refractivity contribution in [3.8, 4) is 0 Å². The van der Waals surface area contributed by atoms with Gasteiger partial charge in [0.25, 0.3) is 0 Å². The Morgan fingerprint density at radius 1 is 1.15 bits per heavy atom. The van der Waals surface area contributed by atoms with Gasteiger partial charge < -0.3 is 15.5 Å². The van der Waals surface area contributed by atoms with Crippen molar-refractivity contribution in [1.82, 2.24) is 14.9 Å². The lowest BCUT2D eigenvalue weighted by atomic mass is 10.2. The maximum absolute atomic E-state index is 4.39. The van der Waals surface area contributed by atoms with Crippen LogP contribution in [0, 0.1) is 0 Å². The third-order valence-electron chi connectivity index (χ3n) is 3.77. The first-order valence-corrected chi connectivity index (χ1v) is 7.78. The number of anilines is 2. The van der Waals surface area contributed by atoms with Crippen molar-refractivity contribution in [1.29, 1.82) is 0 Å². The zero-order valence-electron chi connectivity index (χ0n) is 12.9. The predicted octanol–water partition coefficient (Wildman–Crippen LogP) is 2.37. The molecule has 1 saturated carbocycles. The van der Waals surface area contributed by atoms with Crippen LogP contribution in [-0.4, -0.2) is 47.6 Å². The Hall–Kier alpha value is -1.36. The summed E-state index contributed by atoms with van der Waals surface area (Å²) in [5, 5.41) is 6.84. The highest BCUT2D eigenvalue weighted by Gasteiger charge is 2.25. The zero-order chi connectivity index (χ0) is 14.4. The lowest BCUT2D eigenvalue weighted by Crippen LogP contribution is -2.27.